The largest absolute Gasteiger partial charge is 0.481 e. The van der Waals surface area contributed by atoms with Crippen LogP contribution < -0.4 is 10.2 Å². The topological polar surface area (TPSA) is 137 Å². The second-order valence-electron chi connectivity index (χ2n) is 11.7. The molecule has 0 unspecified atom stereocenters. The molecular formula is C34H43N5O6. The van der Waals surface area contributed by atoms with Crippen molar-refractivity contribution < 1.29 is 29.3 Å². The Labute approximate surface area is 264 Å². The number of rotatable bonds is 14. The molecule has 0 spiro atoms. The quantitative estimate of drug-likeness (QED) is 0.218. The van der Waals surface area contributed by atoms with Crippen LogP contribution in [0.5, 0.6) is 0 Å². The van der Waals surface area contributed by atoms with Gasteiger partial charge >= 0.3 is 5.97 Å². The van der Waals surface area contributed by atoms with E-state index in [-0.39, 0.29) is 31.1 Å². The Kier molecular flexibility index (Phi) is 11.9. The molecule has 2 aliphatic heterocycles. The third-order valence-corrected chi connectivity index (χ3v) is 8.30. The van der Waals surface area contributed by atoms with Crippen molar-refractivity contribution in [3.63, 3.8) is 0 Å². The molecule has 2 fully saturated rings. The van der Waals surface area contributed by atoms with E-state index in [2.05, 4.69) is 25.1 Å². The Morgan fingerprint density at radius 2 is 1.51 bits per heavy atom. The number of nitrogens with zero attached hydrogens (tertiary/aromatic N) is 4. The number of aliphatic hydroxyl groups is 1. The number of carbonyl (C=O) groups is 2. The van der Waals surface area contributed by atoms with Gasteiger partial charge in [-0.05, 0) is 42.2 Å². The minimum atomic E-state index is -0.781. The average Bonchev–Trinajstić information content (AvgIpc) is 3.07. The van der Waals surface area contributed by atoms with Crippen LogP contribution in [0.4, 0.5) is 11.6 Å². The maximum Gasteiger partial charge on any atom is 0.303 e. The van der Waals surface area contributed by atoms with Crippen LogP contribution in [0.3, 0.4) is 0 Å². The maximum absolute atomic E-state index is 12.4. The van der Waals surface area contributed by atoms with Crippen molar-refractivity contribution in [2.24, 2.45) is 0 Å². The van der Waals surface area contributed by atoms with Crippen molar-refractivity contribution in [1.82, 2.24) is 14.9 Å². The van der Waals surface area contributed by atoms with Gasteiger partial charge in [0.05, 0.1) is 18.8 Å². The fourth-order valence-corrected chi connectivity index (χ4v) is 5.77. The summed E-state index contributed by atoms with van der Waals surface area (Å²) in [5, 5.41) is 21.2. The van der Waals surface area contributed by atoms with Gasteiger partial charge in [0.25, 0.3) is 0 Å². The van der Waals surface area contributed by atoms with E-state index in [0.717, 1.165) is 74.6 Å². The molecule has 2 aliphatic rings. The Bertz CT molecular complexity index is 1350. The van der Waals surface area contributed by atoms with Gasteiger partial charge < -0.3 is 29.9 Å². The van der Waals surface area contributed by atoms with E-state index >= 15 is 0 Å². The average molecular weight is 618 g/mol. The van der Waals surface area contributed by atoms with Gasteiger partial charge in [-0.25, -0.2) is 9.97 Å². The lowest BCUT2D eigenvalue weighted by atomic mass is 9.99. The number of nitrogens with one attached hydrogen (secondary N) is 1. The number of carbonyl (C=O) groups excluding carboxylic acids is 1. The zero-order chi connectivity index (χ0) is 31.4. The van der Waals surface area contributed by atoms with Gasteiger partial charge in [-0.1, -0.05) is 49.2 Å². The van der Waals surface area contributed by atoms with E-state index < -0.39 is 12.3 Å². The molecule has 3 atom stereocenters. The number of ether oxygens (including phenoxy) is 2. The zero-order valence-electron chi connectivity index (χ0n) is 25.6. The lowest BCUT2D eigenvalue weighted by Crippen LogP contribution is -2.50. The third kappa shape index (κ3) is 9.79. The predicted octanol–water partition coefficient (Wildman–Crippen LogP) is 4.70. The third-order valence-electron chi connectivity index (χ3n) is 8.30. The van der Waals surface area contributed by atoms with E-state index in [4.69, 9.17) is 14.6 Å². The van der Waals surface area contributed by atoms with Gasteiger partial charge in [-0.15, -0.1) is 0 Å². The molecule has 2 saturated heterocycles. The molecule has 3 N–H and O–H groups in total. The molecule has 0 aliphatic carbocycles. The lowest BCUT2D eigenvalue weighted by molar-refractivity contribution is -0.253. The molecule has 240 valence electrons. The number of hydrogen-bond acceptors (Lipinski definition) is 9. The molecule has 0 radical (unpaired) electrons. The number of unbranched alkanes of at least 4 members (excludes halogenated alkanes) is 3. The molecule has 45 heavy (non-hydrogen) atoms. The molecule has 0 saturated carbocycles. The molecule has 3 aromatic rings. The number of carboxylic acids is 1. The molecule has 3 heterocycles. The van der Waals surface area contributed by atoms with Crippen molar-refractivity contribution in [3.8, 4) is 0 Å². The highest BCUT2D eigenvalue weighted by Gasteiger charge is 2.34. The zero-order valence-corrected chi connectivity index (χ0v) is 25.6. The highest BCUT2D eigenvalue weighted by atomic mass is 16.7. The molecule has 2 aromatic carbocycles. The van der Waals surface area contributed by atoms with Crippen molar-refractivity contribution in [3.05, 3.63) is 83.7 Å². The summed E-state index contributed by atoms with van der Waals surface area (Å²) in [5.74, 6) is -0.0773. The number of aliphatic hydroxyl groups excluding tert-OH is 1. The Morgan fingerprint density at radius 3 is 2.18 bits per heavy atom. The minimum Gasteiger partial charge on any atom is -0.481 e. The summed E-state index contributed by atoms with van der Waals surface area (Å²) in [6, 6.07) is 17.3. The number of hydrogen-bond donors (Lipinski definition) is 3. The molecule has 1 amide bonds. The van der Waals surface area contributed by atoms with Crippen LogP contribution in [0.25, 0.3) is 0 Å². The molecule has 5 rings (SSSR count). The van der Waals surface area contributed by atoms with E-state index in [0.29, 0.717) is 24.9 Å². The summed E-state index contributed by atoms with van der Waals surface area (Å²) in [4.78, 5) is 36.5. The number of anilines is 2. The second kappa shape index (κ2) is 16.4. The molecule has 11 heteroatoms. The number of aromatic nitrogens is 2. The van der Waals surface area contributed by atoms with Crippen LogP contribution in [-0.4, -0.2) is 75.8 Å². The predicted molar refractivity (Wildman–Crippen MR) is 170 cm³/mol. The van der Waals surface area contributed by atoms with Gasteiger partial charge in [0.15, 0.2) is 6.29 Å². The van der Waals surface area contributed by atoms with Gasteiger partial charge in [0.1, 0.15) is 0 Å². The van der Waals surface area contributed by atoms with Gasteiger partial charge in [0.2, 0.25) is 11.9 Å². The van der Waals surface area contributed by atoms with Crippen LogP contribution in [0, 0.1) is 0 Å². The summed E-state index contributed by atoms with van der Waals surface area (Å²) in [7, 11) is 0. The monoisotopic (exact) mass is 617 g/mol. The Morgan fingerprint density at radius 1 is 0.844 bits per heavy atom. The first-order valence-electron chi connectivity index (χ1n) is 15.8. The summed E-state index contributed by atoms with van der Waals surface area (Å²) in [6.07, 6.45) is 7.03. The van der Waals surface area contributed by atoms with Crippen molar-refractivity contribution in [2.45, 2.75) is 70.1 Å². The standard InChI is InChI=1S/C34H43N5O6/c40-24-25-8-10-26(11-9-25)30-22-29(23-38-18-20-39(21-19-38)34-35-16-5-17-36-34)44-33(45-30)27-12-14-28(15-13-27)37-31(41)6-3-1-2-4-7-32(42)43/h5,8-17,29-30,33,40H,1-4,6-7,18-24H2,(H,37,41)(H,42,43)/t29-,30+,33+/m1/s1. The van der Waals surface area contributed by atoms with Crippen LogP contribution in [0.15, 0.2) is 67.0 Å². The van der Waals surface area contributed by atoms with E-state index in [1.165, 1.54) is 0 Å². The normalized spacial score (nSPS) is 20.6. The molecule has 11 nitrogen and oxygen atoms in total. The summed E-state index contributed by atoms with van der Waals surface area (Å²) >= 11 is 0. The highest BCUT2D eigenvalue weighted by Crippen LogP contribution is 2.38. The van der Waals surface area contributed by atoms with Gasteiger partial charge in [0, 0.05) is 75.6 Å². The fourth-order valence-electron chi connectivity index (χ4n) is 5.77. The SMILES string of the molecule is O=C(O)CCCCCCC(=O)Nc1ccc([C@H]2O[C@@H](CN3CCN(c4ncccn4)CC3)C[C@@H](c3ccc(CO)cc3)O2)cc1. The first-order chi connectivity index (χ1) is 22.0. The molecular weight excluding hydrogens is 574 g/mol. The lowest BCUT2D eigenvalue weighted by Gasteiger charge is -2.40. The minimum absolute atomic E-state index is 0.00412. The molecule has 1 aromatic heterocycles. The smallest absolute Gasteiger partial charge is 0.303 e. The van der Waals surface area contributed by atoms with Crippen molar-refractivity contribution in [1.29, 1.82) is 0 Å². The number of benzene rings is 2. The van der Waals surface area contributed by atoms with Gasteiger partial charge in [-0.3, -0.25) is 14.5 Å². The highest BCUT2D eigenvalue weighted by molar-refractivity contribution is 5.90. The first-order valence-corrected chi connectivity index (χ1v) is 15.8. The fraction of sp³-hybridized carbons (Fsp3) is 0.471. The summed E-state index contributed by atoms with van der Waals surface area (Å²) < 4.78 is 13.0. The number of aliphatic carboxylic acids is 1. The second-order valence-corrected chi connectivity index (χ2v) is 11.7. The number of carboxylic acid groups (broad SMARTS) is 1. The summed E-state index contributed by atoms with van der Waals surface area (Å²) in [6.45, 7) is 4.24. The van der Waals surface area contributed by atoms with Crippen molar-refractivity contribution >= 4 is 23.5 Å². The van der Waals surface area contributed by atoms with E-state index in [1.807, 2.05) is 54.6 Å². The van der Waals surface area contributed by atoms with Crippen LogP contribution in [-0.2, 0) is 25.7 Å². The summed E-state index contributed by atoms with van der Waals surface area (Å²) in [5.41, 5.74) is 3.48. The molecule has 0 bridgehead atoms. The first kappa shape index (κ1) is 32.5. The van der Waals surface area contributed by atoms with E-state index in [9.17, 15) is 14.7 Å². The Hall–Kier alpha value is -3.90. The van der Waals surface area contributed by atoms with Gasteiger partial charge in [-0.2, -0.15) is 0 Å². The van der Waals surface area contributed by atoms with Crippen LogP contribution in [0.1, 0.15) is 74.0 Å². The Balaban J connectivity index is 1.18. The van der Waals surface area contributed by atoms with E-state index in [1.54, 1.807) is 12.4 Å². The van der Waals surface area contributed by atoms with Crippen LogP contribution in [0.2, 0.25) is 0 Å². The number of amides is 1. The maximum atomic E-state index is 12.4. The van der Waals surface area contributed by atoms with Crippen LogP contribution >= 0.6 is 0 Å². The number of piperazine rings is 1. The van der Waals surface area contributed by atoms with Crippen molar-refractivity contribution in [2.75, 3.05) is 42.9 Å².